The van der Waals surface area contributed by atoms with Crippen LogP contribution in [0.3, 0.4) is 0 Å². The SMILES string of the molecule is Cc1nccn1CC(C)CNC(=O)NC(C)(CO)C1CC1. The zero-order chi connectivity index (χ0) is 15.5. The summed E-state index contributed by atoms with van der Waals surface area (Å²) in [6.45, 7) is 7.36. The molecule has 118 valence electrons. The summed E-state index contributed by atoms with van der Waals surface area (Å²) in [5.41, 5.74) is -0.492. The molecule has 3 N–H and O–H groups in total. The van der Waals surface area contributed by atoms with E-state index < -0.39 is 5.54 Å². The van der Waals surface area contributed by atoms with Crippen molar-refractivity contribution in [1.82, 2.24) is 20.2 Å². The van der Waals surface area contributed by atoms with E-state index in [2.05, 4.69) is 27.1 Å². The Morgan fingerprint density at radius 2 is 2.33 bits per heavy atom. The van der Waals surface area contributed by atoms with Crippen LogP contribution in [0, 0.1) is 18.8 Å². The van der Waals surface area contributed by atoms with Crippen molar-refractivity contribution < 1.29 is 9.90 Å². The summed E-state index contributed by atoms with van der Waals surface area (Å²) >= 11 is 0. The Morgan fingerprint density at radius 3 is 2.86 bits per heavy atom. The number of aromatic nitrogens is 2. The van der Waals surface area contributed by atoms with Crippen molar-refractivity contribution in [1.29, 1.82) is 0 Å². The first-order chi connectivity index (χ1) is 9.94. The Bertz CT molecular complexity index is 484. The minimum absolute atomic E-state index is 0.0190. The smallest absolute Gasteiger partial charge is 0.315 e. The third-order valence-corrected chi connectivity index (χ3v) is 4.25. The van der Waals surface area contributed by atoms with Gasteiger partial charge in [0.05, 0.1) is 12.1 Å². The molecule has 0 spiro atoms. The number of hydrogen-bond acceptors (Lipinski definition) is 3. The van der Waals surface area contributed by atoms with Crippen LogP contribution in [0.4, 0.5) is 4.79 Å². The maximum atomic E-state index is 12.0. The lowest BCUT2D eigenvalue weighted by molar-refractivity contribution is 0.154. The van der Waals surface area contributed by atoms with E-state index in [0.717, 1.165) is 25.2 Å². The van der Waals surface area contributed by atoms with Gasteiger partial charge in [0, 0.05) is 25.5 Å². The van der Waals surface area contributed by atoms with Crippen molar-refractivity contribution in [2.75, 3.05) is 13.2 Å². The largest absolute Gasteiger partial charge is 0.394 e. The molecule has 1 aliphatic carbocycles. The van der Waals surface area contributed by atoms with Crippen molar-refractivity contribution in [3.05, 3.63) is 18.2 Å². The van der Waals surface area contributed by atoms with Gasteiger partial charge in [0.25, 0.3) is 0 Å². The monoisotopic (exact) mass is 294 g/mol. The lowest BCUT2D eigenvalue weighted by Gasteiger charge is -2.29. The van der Waals surface area contributed by atoms with Crippen molar-refractivity contribution in [3.8, 4) is 0 Å². The molecule has 1 heterocycles. The van der Waals surface area contributed by atoms with Crippen LogP contribution in [0.1, 0.15) is 32.5 Å². The number of amides is 2. The average Bonchev–Trinajstić information content (AvgIpc) is 3.23. The van der Waals surface area contributed by atoms with Crippen LogP contribution >= 0.6 is 0 Å². The number of urea groups is 1. The van der Waals surface area contributed by atoms with Crippen molar-refractivity contribution in [2.45, 2.75) is 45.7 Å². The molecule has 0 saturated heterocycles. The number of imidazole rings is 1. The minimum Gasteiger partial charge on any atom is -0.394 e. The third-order valence-electron chi connectivity index (χ3n) is 4.25. The highest BCUT2D eigenvalue weighted by atomic mass is 16.3. The molecule has 1 fully saturated rings. The summed E-state index contributed by atoms with van der Waals surface area (Å²) in [7, 11) is 0. The topological polar surface area (TPSA) is 79.2 Å². The Labute approximate surface area is 125 Å². The molecule has 1 saturated carbocycles. The Balaban J connectivity index is 1.74. The van der Waals surface area contributed by atoms with Gasteiger partial charge in [0.15, 0.2) is 0 Å². The molecule has 2 rings (SSSR count). The second kappa shape index (κ2) is 6.47. The summed E-state index contributed by atoms with van der Waals surface area (Å²) in [4.78, 5) is 16.2. The molecule has 2 unspecified atom stereocenters. The van der Waals surface area contributed by atoms with E-state index in [4.69, 9.17) is 0 Å². The van der Waals surface area contributed by atoms with Gasteiger partial charge in [-0.1, -0.05) is 6.92 Å². The molecule has 0 aromatic carbocycles. The van der Waals surface area contributed by atoms with Crippen LogP contribution in [0.5, 0.6) is 0 Å². The standard InChI is InChI=1S/C15H26N4O2/c1-11(9-19-7-6-16-12(19)2)8-17-14(21)18-15(3,10-20)13-4-5-13/h6-7,11,13,20H,4-5,8-10H2,1-3H3,(H2,17,18,21). The highest BCUT2D eigenvalue weighted by Gasteiger charge is 2.42. The fourth-order valence-corrected chi connectivity index (χ4v) is 2.56. The van der Waals surface area contributed by atoms with E-state index in [0.29, 0.717) is 18.4 Å². The van der Waals surface area contributed by atoms with Gasteiger partial charge in [-0.3, -0.25) is 0 Å². The van der Waals surface area contributed by atoms with Gasteiger partial charge in [0.1, 0.15) is 5.82 Å². The lowest BCUT2D eigenvalue weighted by atomic mass is 9.97. The predicted octanol–water partition coefficient (Wildman–Crippen LogP) is 1.29. The summed E-state index contributed by atoms with van der Waals surface area (Å²) in [6.07, 6.45) is 5.88. The molecule has 2 amide bonds. The number of carbonyl (C=O) groups excluding carboxylic acids is 1. The first-order valence-electron chi connectivity index (χ1n) is 7.59. The molecular weight excluding hydrogens is 268 g/mol. The highest BCUT2D eigenvalue weighted by molar-refractivity contribution is 5.74. The summed E-state index contributed by atoms with van der Waals surface area (Å²) in [5, 5.41) is 15.3. The zero-order valence-electron chi connectivity index (χ0n) is 13.1. The van der Waals surface area contributed by atoms with Crippen LogP contribution in [0.25, 0.3) is 0 Å². The fraction of sp³-hybridized carbons (Fsp3) is 0.733. The molecule has 1 aliphatic rings. The van der Waals surface area contributed by atoms with Crippen molar-refractivity contribution >= 4 is 6.03 Å². The molecule has 6 heteroatoms. The van der Waals surface area contributed by atoms with Crippen LogP contribution in [-0.2, 0) is 6.54 Å². The Kier molecular flexibility index (Phi) is 4.88. The molecule has 0 aliphatic heterocycles. The molecule has 6 nitrogen and oxygen atoms in total. The number of carbonyl (C=O) groups is 1. The fourth-order valence-electron chi connectivity index (χ4n) is 2.56. The molecule has 1 aromatic rings. The van der Waals surface area contributed by atoms with Gasteiger partial charge < -0.3 is 20.3 Å². The summed E-state index contributed by atoms with van der Waals surface area (Å²) in [5.74, 6) is 1.69. The highest BCUT2D eigenvalue weighted by Crippen LogP contribution is 2.39. The first kappa shape index (κ1) is 15.8. The minimum atomic E-state index is -0.492. The van der Waals surface area contributed by atoms with Crippen molar-refractivity contribution in [2.24, 2.45) is 11.8 Å². The van der Waals surface area contributed by atoms with Crippen molar-refractivity contribution in [3.63, 3.8) is 0 Å². The molecule has 1 aromatic heterocycles. The van der Waals surface area contributed by atoms with Gasteiger partial charge in [-0.25, -0.2) is 9.78 Å². The molecule has 21 heavy (non-hydrogen) atoms. The van der Waals surface area contributed by atoms with Crippen LogP contribution < -0.4 is 10.6 Å². The number of hydrogen-bond donors (Lipinski definition) is 3. The van der Waals surface area contributed by atoms with Gasteiger partial charge in [-0.2, -0.15) is 0 Å². The Morgan fingerprint density at radius 1 is 1.62 bits per heavy atom. The van der Waals surface area contributed by atoms with E-state index in [1.165, 1.54) is 0 Å². The number of nitrogens with zero attached hydrogens (tertiary/aromatic N) is 2. The first-order valence-corrected chi connectivity index (χ1v) is 7.59. The molecule has 0 bridgehead atoms. The number of nitrogens with one attached hydrogen (secondary N) is 2. The van der Waals surface area contributed by atoms with Crippen LogP contribution in [0.2, 0.25) is 0 Å². The number of aryl methyl sites for hydroxylation is 1. The van der Waals surface area contributed by atoms with Gasteiger partial charge in [0.2, 0.25) is 0 Å². The van der Waals surface area contributed by atoms with Crippen LogP contribution in [0.15, 0.2) is 12.4 Å². The number of rotatable bonds is 7. The second-order valence-corrected chi connectivity index (χ2v) is 6.42. The average molecular weight is 294 g/mol. The summed E-state index contributed by atoms with van der Waals surface area (Å²) < 4.78 is 2.08. The molecule has 0 radical (unpaired) electrons. The number of aliphatic hydroxyl groups is 1. The van der Waals surface area contributed by atoms with E-state index in [9.17, 15) is 9.90 Å². The molecular formula is C15H26N4O2. The zero-order valence-corrected chi connectivity index (χ0v) is 13.1. The molecule has 2 atom stereocenters. The van der Waals surface area contributed by atoms with E-state index in [-0.39, 0.29) is 12.6 Å². The van der Waals surface area contributed by atoms with Crippen LogP contribution in [-0.4, -0.2) is 39.4 Å². The Hall–Kier alpha value is -1.56. The van der Waals surface area contributed by atoms with E-state index in [1.54, 1.807) is 6.20 Å². The maximum absolute atomic E-state index is 12.0. The van der Waals surface area contributed by atoms with E-state index >= 15 is 0 Å². The van der Waals surface area contributed by atoms with E-state index in [1.807, 2.05) is 20.0 Å². The van der Waals surface area contributed by atoms with Gasteiger partial charge >= 0.3 is 6.03 Å². The maximum Gasteiger partial charge on any atom is 0.315 e. The van der Waals surface area contributed by atoms with Gasteiger partial charge in [-0.05, 0) is 38.5 Å². The summed E-state index contributed by atoms with van der Waals surface area (Å²) in [6, 6.07) is -0.201. The number of aliphatic hydroxyl groups excluding tert-OH is 1. The quantitative estimate of drug-likeness (QED) is 0.709. The normalized spacial score (nSPS) is 18.9. The lowest BCUT2D eigenvalue weighted by Crippen LogP contribution is -2.54. The predicted molar refractivity (Wildman–Crippen MR) is 80.9 cm³/mol. The van der Waals surface area contributed by atoms with Gasteiger partial charge in [-0.15, -0.1) is 0 Å². The second-order valence-electron chi connectivity index (χ2n) is 6.42. The third kappa shape index (κ3) is 4.20.